The predicted molar refractivity (Wildman–Crippen MR) is 126 cm³/mol. The minimum Gasteiger partial charge on any atom is -0.339 e. The number of anilines is 1. The number of thiocarbonyl (C=S) groups is 1. The molecule has 3 N–H and O–H groups in total. The van der Waals surface area contributed by atoms with Gasteiger partial charge in [0, 0.05) is 11.4 Å². The number of carbonyl (C=O) groups is 1. The highest BCUT2D eigenvalue weighted by atomic mass is 35.6. The number of unbranched alkanes of at least 4 members (excludes halogenated alkanes) is 5. The number of hydrogen-bond donors (Lipinski definition) is 3. The van der Waals surface area contributed by atoms with E-state index in [9.17, 15) is 4.79 Å². The molecule has 0 aromatic heterocycles. The molecule has 0 radical (unpaired) electrons. The maximum Gasteiger partial charge on any atom is 0.228 e. The standard InChI is InChI=1S/C18H24Cl5N3OS/c1-2-3-4-5-6-7-8-15(27)25-16(18(21,22)23)26-17(28)24-14-11-12(19)9-10-13(14)20/h9-11,16H,2-8H2,1H3,(H,25,27)(H2,24,26,28)/t16-/m1/s1. The van der Waals surface area contributed by atoms with Crippen molar-refractivity contribution in [1.82, 2.24) is 10.6 Å². The predicted octanol–water partition coefficient (Wildman–Crippen LogP) is 6.84. The lowest BCUT2D eigenvalue weighted by Gasteiger charge is -2.28. The van der Waals surface area contributed by atoms with Gasteiger partial charge in [-0.05, 0) is 36.8 Å². The molecule has 0 bridgehead atoms. The second kappa shape index (κ2) is 13.2. The quantitative estimate of drug-likeness (QED) is 0.140. The van der Waals surface area contributed by atoms with Gasteiger partial charge in [0.25, 0.3) is 0 Å². The summed E-state index contributed by atoms with van der Waals surface area (Å²) >= 11 is 35.2. The van der Waals surface area contributed by atoms with Gasteiger partial charge in [-0.2, -0.15) is 0 Å². The molecule has 1 atom stereocenters. The van der Waals surface area contributed by atoms with Gasteiger partial charge in [0.1, 0.15) is 6.17 Å². The summed E-state index contributed by atoms with van der Waals surface area (Å²) in [6.07, 6.45) is 5.81. The molecule has 1 aromatic carbocycles. The van der Waals surface area contributed by atoms with E-state index in [1.54, 1.807) is 18.2 Å². The van der Waals surface area contributed by atoms with Crippen LogP contribution in [0.3, 0.4) is 0 Å². The fourth-order valence-electron chi connectivity index (χ4n) is 2.38. The van der Waals surface area contributed by atoms with Crippen LogP contribution in [-0.2, 0) is 4.79 Å². The van der Waals surface area contributed by atoms with Crippen molar-refractivity contribution in [1.29, 1.82) is 0 Å². The molecular formula is C18H24Cl5N3OS. The van der Waals surface area contributed by atoms with E-state index in [0.717, 1.165) is 19.3 Å². The summed E-state index contributed by atoms with van der Waals surface area (Å²) in [4.78, 5) is 12.2. The zero-order valence-corrected chi connectivity index (χ0v) is 20.1. The van der Waals surface area contributed by atoms with Gasteiger partial charge in [0.15, 0.2) is 5.11 Å². The van der Waals surface area contributed by atoms with Gasteiger partial charge in [-0.25, -0.2) is 0 Å². The molecule has 28 heavy (non-hydrogen) atoms. The highest BCUT2D eigenvalue weighted by Gasteiger charge is 2.34. The molecule has 0 aliphatic rings. The Morgan fingerprint density at radius 1 is 1.07 bits per heavy atom. The Labute approximate surface area is 196 Å². The molecule has 1 amide bonds. The molecule has 0 saturated carbocycles. The maximum atomic E-state index is 12.2. The second-order valence-electron chi connectivity index (χ2n) is 6.28. The first-order valence-electron chi connectivity index (χ1n) is 9.02. The summed E-state index contributed by atoms with van der Waals surface area (Å²) in [5.41, 5.74) is 0.494. The largest absolute Gasteiger partial charge is 0.339 e. The maximum absolute atomic E-state index is 12.2. The Kier molecular flexibility index (Phi) is 12.2. The average Bonchev–Trinajstić information content (AvgIpc) is 2.60. The van der Waals surface area contributed by atoms with Crippen LogP contribution in [0, 0.1) is 0 Å². The van der Waals surface area contributed by atoms with E-state index in [4.69, 9.17) is 70.2 Å². The fraction of sp³-hybridized carbons (Fsp3) is 0.556. The third-order valence-corrected chi connectivity index (χ3v) is 5.28. The number of benzene rings is 1. The van der Waals surface area contributed by atoms with Crippen LogP contribution in [0.4, 0.5) is 5.69 Å². The number of nitrogens with one attached hydrogen (secondary N) is 3. The van der Waals surface area contributed by atoms with Gasteiger partial charge < -0.3 is 16.0 Å². The summed E-state index contributed by atoms with van der Waals surface area (Å²) in [6.45, 7) is 2.16. The molecule has 158 valence electrons. The van der Waals surface area contributed by atoms with E-state index >= 15 is 0 Å². The zero-order chi connectivity index (χ0) is 21.2. The van der Waals surface area contributed by atoms with Gasteiger partial charge >= 0.3 is 0 Å². The lowest BCUT2D eigenvalue weighted by molar-refractivity contribution is -0.122. The van der Waals surface area contributed by atoms with Gasteiger partial charge in [-0.1, -0.05) is 97.0 Å². The molecule has 1 rings (SSSR count). The third kappa shape index (κ3) is 10.6. The fourth-order valence-corrected chi connectivity index (χ4v) is 3.27. The number of amides is 1. The molecule has 0 saturated heterocycles. The van der Waals surface area contributed by atoms with Crippen LogP contribution in [0.5, 0.6) is 0 Å². The Morgan fingerprint density at radius 2 is 1.71 bits per heavy atom. The summed E-state index contributed by atoms with van der Waals surface area (Å²) in [5, 5.41) is 9.37. The summed E-state index contributed by atoms with van der Waals surface area (Å²) in [7, 11) is 0. The van der Waals surface area contributed by atoms with E-state index < -0.39 is 9.96 Å². The van der Waals surface area contributed by atoms with Crippen molar-refractivity contribution < 1.29 is 4.79 Å². The average molecular weight is 508 g/mol. The summed E-state index contributed by atoms with van der Waals surface area (Å²) < 4.78 is -1.80. The molecule has 0 heterocycles. The first-order valence-corrected chi connectivity index (χ1v) is 11.3. The van der Waals surface area contributed by atoms with Crippen molar-refractivity contribution in [2.75, 3.05) is 5.32 Å². The third-order valence-electron chi connectivity index (χ3n) is 3.84. The smallest absolute Gasteiger partial charge is 0.228 e. The Hall–Kier alpha value is -0.170. The zero-order valence-electron chi connectivity index (χ0n) is 15.5. The molecule has 0 fully saturated rings. The van der Waals surface area contributed by atoms with Crippen LogP contribution in [0.2, 0.25) is 10.0 Å². The number of hydrogen-bond acceptors (Lipinski definition) is 2. The number of halogens is 5. The van der Waals surface area contributed by atoms with Crippen LogP contribution >= 0.6 is 70.2 Å². The molecule has 0 aliphatic carbocycles. The van der Waals surface area contributed by atoms with E-state index in [-0.39, 0.29) is 11.0 Å². The molecular weight excluding hydrogens is 484 g/mol. The van der Waals surface area contributed by atoms with Crippen molar-refractivity contribution in [3.63, 3.8) is 0 Å². The van der Waals surface area contributed by atoms with Crippen molar-refractivity contribution in [3.05, 3.63) is 28.2 Å². The highest BCUT2D eigenvalue weighted by molar-refractivity contribution is 7.80. The number of carbonyl (C=O) groups excluding carboxylic acids is 1. The molecule has 4 nitrogen and oxygen atoms in total. The van der Waals surface area contributed by atoms with Crippen molar-refractivity contribution in [2.45, 2.75) is 61.8 Å². The van der Waals surface area contributed by atoms with Gasteiger partial charge in [-0.15, -0.1) is 0 Å². The Morgan fingerprint density at radius 3 is 2.36 bits per heavy atom. The Balaban J connectivity index is 2.55. The monoisotopic (exact) mass is 505 g/mol. The van der Waals surface area contributed by atoms with Crippen LogP contribution in [-0.4, -0.2) is 21.0 Å². The van der Waals surface area contributed by atoms with E-state index in [0.29, 0.717) is 22.2 Å². The molecule has 1 aromatic rings. The van der Waals surface area contributed by atoms with Crippen molar-refractivity contribution in [2.24, 2.45) is 0 Å². The number of alkyl halides is 3. The van der Waals surface area contributed by atoms with Crippen LogP contribution in [0.1, 0.15) is 51.9 Å². The summed E-state index contributed by atoms with van der Waals surface area (Å²) in [6, 6.07) is 4.89. The first kappa shape index (κ1) is 25.9. The Bertz CT molecular complexity index is 655. The van der Waals surface area contributed by atoms with E-state index in [1.807, 2.05) is 0 Å². The number of rotatable bonds is 10. The van der Waals surface area contributed by atoms with Crippen molar-refractivity contribution >= 4 is 86.9 Å². The minimum atomic E-state index is -1.80. The topological polar surface area (TPSA) is 53.2 Å². The van der Waals surface area contributed by atoms with Gasteiger partial charge in [0.2, 0.25) is 9.70 Å². The molecule has 0 unspecified atom stereocenters. The molecule has 10 heteroatoms. The highest BCUT2D eigenvalue weighted by Crippen LogP contribution is 2.30. The summed E-state index contributed by atoms with van der Waals surface area (Å²) in [5.74, 6) is -0.220. The minimum absolute atomic E-state index is 0.125. The molecule has 0 aliphatic heterocycles. The second-order valence-corrected chi connectivity index (χ2v) is 9.90. The van der Waals surface area contributed by atoms with Crippen LogP contribution in [0.25, 0.3) is 0 Å². The van der Waals surface area contributed by atoms with Crippen LogP contribution < -0.4 is 16.0 Å². The lowest BCUT2D eigenvalue weighted by Crippen LogP contribution is -2.56. The lowest BCUT2D eigenvalue weighted by atomic mass is 10.1. The van der Waals surface area contributed by atoms with Gasteiger partial charge in [0.05, 0.1) is 10.7 Å². The van der Waals surface area contributed by atoms with Crippen LogP contribution in [0.15, 0.2) is 18.2 Å². The first-order chi connectivity index (χ1) is 13.1. The van der Waals surface area contributed by atoms with E-state index in [1.165, 1.54) is 19.3 Å². The SMILES string of the molecule is CCCCCCCCC(=O)N[C@H](NC(=S)Nc1cc(Cl)ccc1Cl)C(Cl)(Cl)Cl. The normalized spacial score (nSPS) is 12.4. The van der Waals surface area contributed by atoms with E-state index in [2.05, 4.69) is 22.9 Å². The van der Waals surface area contributed by atoms with Crippen molar-refractivity contribution in [3.8, 4) is 0 Å². The van der Waals surface area contributed by atoms with Gasteiger partial charge in [-0.3, -0.25) is 4.79 Å². The molecule has 0 spiro atoms.